The largest absolute Gasteiger partial charge is 0.457 e. The summed E-state index contributed by atoms with van der Waals surface area (Å²) in [5, 5.41) is 0. The molecule has 0 aromatic rings. The molecule has 0 radical (unpaired) electrons. The Balaban J connectivity index is 3.82. The minimum atomic E-state index is -0.901. The maximum Gasteiger partial charge on any atom is 0.303 e. The highest BCUT2D eigenvalue weighted by Crippen LogP contribution is 1.85. The van der Waals surface area contributed by atoms with E-state index in [1.807, 2.05) is 0 Å². The first-order chi connectivity index (χ1) is 6.43. The van der Waals surface area contributed by atoms with Crippen LogP contribution in [0.25, 0.3) is 0 Å². The molecule has 0 aromatic carbocycles. The van der Waals surface area contributed by atoms with Crippen LogP contribution >= 0.6 is 0 Å². The second-order valence-electron chi connectivity index (χ2n) is 2.41. The average molecular weight is 202 g/mol. The van der Waals surface area contributed by atoms with Crippen molar-refractivity contribution < 1.29 is 28.7 Å². The lowest BCUT2D eigenvalue weighted by molar-refractivity contribution is -0.153. The number of carbonyl (C=O) groups is 4. The van der Waals surface area contributed by atoms with E-state index in [-0.39, 0.29) is 0 Å². The number of hydrogen-bond acceptors (Lipinski definition) is 6. The van der Waals surface area contributed by atoms with Crippen molar-refractivity contribution in [3.63, 3.8) is 0 Å². The molecule has 0 unspecified atom stereocenters. The van der Waals surface area contributed by atoms with Gasteiger partial charge in [-0.2, -0.15) is 0 Å². The van der Waals surface area contributed by atoms with Crippen LogP contribution in [0.2, 0.25) is 0 Å². The predicted molar refractivity (Wildman–Crippen MR) is 43.3 cm³/mol. The van der Waals surface area contributed by atoms with Gasteiger partial charge in [0.15, 0.2) is 13.2 Å². The van der Waals surface area contributed by atoms with Crippen molar-refractivity contribution >= 4 is 23.5 Å². The van der Waals surface area contributed by atoms with Crippen LogP contribution in [0.3, 0.4) is 0 Å². The van der Waals surface area contributed by atoms with Gasteiger partial charge in [0.1, 0.15) is 0 Å². The Kier molecular flexibility index (Phi) is 5.13. The highest BCUT2D eigenvalue weighted by Gasteiger charge is 2.16. The highest BCUT2D eigenvalue weighted by molar-refractivity contribution is 6.38. The number of ketones is 2. The van der Waals surface area contributed by atoms with Crippen LogP contribution in [0.5, 0.6) is 0 Å². The summed E-state index contributed by atoms with van der Waals surface area (Å²) in [7, 11) is 0. The van der Waals surface area contributed by atoms with Gasteiger partial charge >= 0.3 is 11.9 Å². The van der Waals surface area contributed by atoms with Crippen LogP contribution in [0.4, 0.5) is 0 Å². The maximum absolute atomic E-state index is 10.8. The van der Waals surface area contributed by atoms with Crippen molar-refractivity contribution in [2.75, 3.05) is 13.2 Å². The van der Waals surface area contributed by atoms with Gasteiger partial charge in [0, 0.05) is 13.8 Å². The molecular weight excluding hydrogens is 192 g/mol. The number of ether oxygens (including phenoxy) is 2. The molecule has 0 aliphatic heterocycles. The van der Waals surface area contributed by atoms with Crippen LogP contribution in [0, 0.1) is 0 Å². The molecule has 0 N–H and O–H groups in total. The number of carbonyl (C=O) groups excluding carboxylic acids is 4. The van der Waals surface area contributed by atoms with Crippen molar-refractivity contribution in [2.45, 2.75) is 13.8 Å². The van der Waals surface area contributed by atoms with Crippen molar-refractivity contribution in [3.05, 3.63) is 0 Å². The quantitative estimate of drug-likeness (QED) is 0.430. The summed E-state index contributed by atoms with van der Waals surface area (Å²) in [5.74, 6) is -3.11. The van der Waals surface area contributed by atoms with E-state index in [4.69, 9.17) is 0 Å². The van der Waals surface area contributed by atoms with Crippen molar-refractivity contribution in [3.8, 4) is 0 Å². The molecule has 0 rings (SSSR count). The fraction of sp³-hybridized carbons (Fsp3) is 0.500. The fourth-order valence-corrected chi connectivity index (χ4v) is 0.495. The van der Waals surface area contributed by atoms with Crippen LogP contribution < -0.4 is 0 Å². The number of Topliss-reactive ketones (excluding diaryl/α,β-unsaturated/α-hetero) is 2. The van der Waals surface area contributed by atoms with E-state index in [1.54, 1.807) is 0 Å². The van der Waals surface area contributed by atoms with Gasteiger partial charge in [-0.15, -0.1) is 0 Å². The maximum atomic E-state index is 10.8. The van der Waals surface area contributed by atoms with E-state index in [2.05, 4.69) is 9.47 Å². The number of esters is 2. The lowest BCUT2D eigenvalue weighted by Crippen LogP contribution is -2.25. The van der Waals surface area contributed by atoms with Gasteiger partial charge < -0.3 is 9.47 Å². The van der Waals surface area contributed by atoms with Crippen LogP contribution in [0.1, 0.15) is 13.8 Å². The van der Waals surface area contributed by atoms with Gasteiger partial charge in [-0.1, -0.05) is 0 Å². The smallest absolute Gasteiger partial charge is 0.303 e. The zero-order chi connectivity index (χ0) is 11.1. The standard InChI is InChI=1S/C8H10O6/c1-5(9)13-3-7(11)8(12)4-14-6(2)10/h3-4H2,1-2H3. The van der Waals surface area contributed by atoms with E-state index in [1.165, 1.54) is 0 Å². The van der Waals surface area contributed by atoms with Crippen molar-refractivity contribution in [1.82, 2.24) is 0 Å². The van der Waals surface area contributed by atoms with E-state index in [0.29, 0.717) is 0 Å². The second kappa shape index (κ2) is 5.85. The van der Waals surface area contributed by atoms with E-state index >= 15 is 0 Å². The zero-order valence-corrected chi connectivity index (χ0v) is 7.86. The molecule has 0 amide bonds. The second-order valence-corrected chi connectivity index (χ2v) is 2.41. The van der Waals surface area contributed by atoms with Crippen LogP contribution in [0.15, 0.2) is 0 Å². The van der Waals surface area contributed by atoms with Crippen LogP contribution in [-0.2, 0) is 28.7 Å². The molecule has 14 heavy (non-hydrogen) atoms. The number of rotatable bonds is 5. The molecule has 0 aliphatic carbocycles. The van der Waals surface area contributed by atoms with Crippen LogP contribution in [-0.4, -0.2) is 36.7 Å². The zero-order valence-electron chi connectivity index (χ0n) is 7.86. The third-order valence-electron chi connectivity index (χ3n) is 1.12. The molecule has 0 atom stereocenters. The number of hydrogen-bond donors (Lipinski definition) is 0. The first-order valence-electron chi connectivity index (χ1n) is 3.76. The Morgan fingerprint density at radius 2 is 1.07 bits per heavy atom. The molecule has 0 spiro atoms. The lowest BCUT2D eigenvalue weighted by Gasteiger charge is -2.00. The minimum Gasteiger partial charge on any atom is -0.457 e. The van der Waals surface area contributed by atoms with Gasteiger partial charge in [0.2, 0.25) is 11.6 Å². The summed E-state index contributed by atoms with van der Waals surface area (Å²) >= 11 is 0. The summed E-state index contributed by atoms with van der Waals surface area (Å²) in [6.07, 6.45) is 0. The molecule has 0 fully saturated rings. The molecular formula is C8H10O6. The molecule has 0 saturated carbocycles. The summed E-state index contributed by atoms with van der Waals surface area (Å²) < 4.78 is 8.56. The normalized spacial score (nSPS) is 9.00. The van der Waals surface area contributed by atoms with E-state index in [0.717, 1.165) is 13.8 Å². The Labute approximate surface area is 80.2 Å². The molecule has 6 nitrogen and oxygen atoms in total. The van der Waals surface area contributed by atoms with Gasteiger partial charge in [0.05, 0.1) is 0 Å². The summed E-state index contributed by atoms with van der Waals surface area (Å²) in [6, 6.07) is 0. The van der Waals surface area contributed by atoms with Gasteiger partial charge in [0.25, 0.3) is 0 Å². The molecule has 78 valence electrons. The molecule has 0 heterocycles. The van der Waals surface area contributed by atoms with Crippen molar-refractivity contribution in [1.29, 1.82) is 0 Å². The third-order valence-corrected chi connectivity index (χ3v) is 1.12. The molecule has 0 saturated heterocycles. The first kappa shape index (κ1) is 12.3. The minimum absolute atomic E-state index is 0.616. The fourth-order valence-electron chi connectivity index (χ4n) is 0.495. The van der Waals surface area contributed by atoms with E-state index in [9.17, 15) is 19.2 Å². The van der Waals surface area contributed by atoms with Crippen molar-refractivity contribution in [2.24, 2.45) is 0 Å². The Morgan fingerprint density at radius 1 is 0.786 bits per heavy atom. The summed E-state index contributed by atoms with van der Waals surface area (Å²) in [5.41, 5.74) is 0. The van der Waals surface area contributed by atoms with E-state index < -0.39 is 36.7 Å². The molecule has 0 aliphatic rings. The predicted octanol–water partition coefficient (Wildman–Crippen LogP) is -0.749. The highest BCUT2D eigenvalue weighted by atomic mass is 16.5. The summed E-state index contributed by atoms with van der Waals surface area (Å²) in [6.45, 7) is 0.999. The molecule has 0 bridgehead atoms. The Morgan fingerprint density at radius 3 is 1.29 bits per heavy atom. The average Bonchev–Trinajstić information content (AvgIpc) is 2.09. The monoisotopic (exact) mass is 202 g/mol. The Bertz CT molecular complexity index is 239. The lowest BCUT2D eigenvalue weighted by atomic mass is 10.3. The van der Waals surface area contributed by atoms with Gasteiger partial charge in [-0.3, -0.25) is 19.2 Å². The first-order valence-corrected chi connectivity index (χ1v) is 3.76. The molecule has 0 aromatic heterocycles. The third kappa shape index (κ3) is 5.87. The van der Waals surface area contributed by atoms with Gasteiger partial charge in [-0.25, -0.2) is 0 Å². The summed E-state index contributed by atoms with van der Waals surface area (Å²) in [4.78, 5) is 42.2. The SMILES string of the molecule is CC(=O)OCC(=O)C(=O)COC(C)=O. The van der Waals surface area contributed by atoms with Gasteiger partial charge in [-0.05, 0) is 0 Å². The molecule has 6 heteroatoms. The topological polar surface area (TPSA) is 86.7 Å². The Hall–Kier alpha value is -1.72.